The van der Waals surface area contributed by atoms with Gasteiger partial charge in [0.1, 0.15) is 0 Å². The number of hydrogen-bond donors (Lipinski definition) is 0. The van der Waals surface area contributed by atoms with Gasteiger partial charge in [-0.25, -0.2) is 15.0 Å². The lowest BCUT2D eigenvalue weighted by molar-refractivity contribution is 1.07. The second-order valence-electron chi connectivity index (χ2n) is 15.9. The third kappa shape index (κ3) is 5.97. The third-order valence-electron chi connectivity index (χ3n) is 12.5. The maximum absolute atomic E-state index is 5.09. The van der Waals surface area contributed by atoms with E-state index in [9.17, 15) is 0 Å². The minimum absolute atomic E-state index is 0.643. The molecule has 5 heteroatoms. The Morgan fingerprint density at radius 1 is 0.290 bits per heavy atom. The van der Waals surface area contributed by atoms with Crippen LogP contribution in [0.15, 0.2) is 224 Å². The van der Waals surface area contributed by atoms with Crippen molar-refractivity contribution in [2.24, 2.45) is 0 Å². The first-order valence-corrected chi connectivity index (χ1v) is 23.8. The van der Waals surface area contributed by atoms with Gasteiger partial charge < -0.3 is 0 Å². The summed E-state index contributed by atoms with van der Waals surface area (Å²) in [7, 11) is -2.53. The largest absolute Gasteiger partial charge is 0.208 e. The lowest BCUT2D eigenvalue weighted by Gasteiger charge is -2.31. The van der Waals surface area contributed by atoms with Gasteiger partial charge in [-0.1, -0.05) is 206 Å². The second kappa shape index (κ2) is 14.9. The van der Waals surface area contributed by atoms with E-state index in [1.54, 1.807) is 0 Å². The molecule has 0 radical (unpaired) electrons. The number of thiophene rings is 1. The average molecular weight is 824 g/mol. The van der Waals surface area contributed by atoms with E-state index in [2.05, 4.69) is 206 Å². The van der Waals surface area contributed by atoms with Crippen molar-refractivity contribution >= 4 is 60.3 Å². The molecule has 290 valence electrons. The van der Waals surface area contributed by atoms with E-state index >= 15 is 0 Å². The summed E-state index contributed by atoms with van der Waals surface area (Å²) in [4.78, 5) is 15.1. The molecular weight excluding hydrogens is 787 g/mol. The van der Waals surface area contributed by atoms with E-state index in [0.29, 0.717) is 17.5 Å². The van der Waals surface area contributed by atoms with Gasteiger partial charge in [0.15, 0.2) is 25.5 Å². The molecule has 1 aliphatic rings. The molecule has 0 unspecified atom stereocenters. The van der Waals surface area contributed by atoms with Crippen LogP contribution in [0.1, 0.15) is 0 Å². The molecule has 11 aromatic rings. The van der Waals surface area contributed by atoms with E-state index < -0.39 is 8.07 Å². The molecule has 3 nitrogen and oxygen atoms in total. The van der Waals surface area contributed by atoms with Crippen molar-refractivity contribution in [1.82, 2.24) is 15.0 Å². The van der Waals surface area contributed by atoms with Gasteiger partial charge in [-0.05, 0) is 72.3 Å². The van der Waals surface area contributed by atoms with Crippen molar-refractivity contribution in [2.45, 2.75) is 0 Å². The molecule has 9 aromatic carbocycles. The standard InChI is InChI=1S/C57H37N3SSi/c1-3-13-41(14-4-1)55-58-56(60-57(59-55)43-29-25-40(26-30-43)44-33-36-52-50(37-44)47-17-7-10-20-51(47)61-52)42-27-23-38(24-28-42)39-31-34-46(35-32-39)62(45-15-5-2-6-16-45)53-21-11-8-18-48(53)49-19-9-12-22-54(49)62/h1-37H. The minimum Gasteiger partial charge on any atom is -0.208 e. The van der Waals surface area contributed by atoms with Crippen LogP contribution in [0.5, 0.6) is 0 Å². The van der Waals surface area contributed by atoms with Gasteiger partial charge in [0.25, 0.3) is 0 Å². The van der Waals surface area contributed by atoms with Gasteiger partial charge in [-0.15, -0.1) is 11.3 Å². The summed E-state index contributed by atoms with van der Waals surface area (Å²) < 4.78 is 2.62. The number of nitrogens with zero attached hydrogens (tertiary/aromatic N) is 3. The van der Waals surface area contributed by atoms with E-state index in [4.69, 9.17) is 15.0 Å². The lowest BCUT2D eigenvalue weighted by Crippen LogP contribution is -2.72. The van der Waals surface area contributed by atoms with Gasteiger partial charge in [0.2, 0.25) is 0 Å². The predicted molar refractivity (Wildman–Crippen MR) is 263 cm³/mol. The molecule has 3 heterocycles. The highest BCUT2D eigenvalue weighted by Gasteiger charge is 2.48. The monoisotopic (exact) mass is 823 g/mol. The Balaban J connectivity index is 0.883. The molecule has 12 rings (SSSR count). The van der Waals surface area contributed by atoms with Crippen molar-refractivity contribution in [2.75, 3.05) is 0 Å². The molecule has 0 atom stereocenters. The molecule has 0 fully saturated rings. The Bertz CT molecular complexity index is 3390. The summed E-state index contributed by atoms with van der Waals surface area (Å²) >= 11 is 1.84. The molecular formula is C57H37N3SSi. The van der Waals surface area contributed by atoms with Crippen LogP contribution in [-0.2, 0) is 0 Å². The summed E-state index contributed by atoms with van der Waals surface area (Å²) in [5.74, 6) is 1.94. The van der Waals surface area contributed by atoms with Crippen LogP contribution in [0.2, 0.25) is 0 Å². The maximum Gasteiger partial charge on any atom is 0.180 e. The van der Waals surface area contributed by atoms with Crippen LogP contribution in [0.4, 0.5) is 0 Å². The minimum atomic E-state index is -2.53. The Hall–Kier alpha value is -7.57. The number of benzene rings is 9. The fourth-order valence-corrected chi connectivity index (χ4v) is 15.8. The summed E-state index contributed by atoms with van der Waals surface area (Å²) in [6, 6.07) is 81.4. The number of fused-ring (bicyclic) bond motifs is 6. The van der Waals surface area contributed by atoms with Gasteiger partial charge in [-0.2, -0.15) is 0 Å². The molecule has 0 N–H and O–H groups in total. The van der Waals surface area contributed by atoms with Gasteiger partial charge in [-0.3, -0.25) is 0 Å². The Labute approximate surface area is 365 Å². The van der Waals surface area contributed by atoms with Crippen LogP contribution < -0.4 is 20.7 Å². The molecule has 0 aliphatic carbocycles. The van der Waals surface area contributed by atoms with E-state index in [1.165, 1.54) is 63.2 Å². The normalized spacial score (nSPS) is 12.6. The Morgan fingerprint density at radius 3 is 1.29 bits per heavy atom. The fourth-order valence-electron chi connectivity index (χ4n) is 9.50. The topological polar surface area (TPSA) is 38.7 Å². The van der Waals surface area contributed by atoms with Gasteiger partial charge in [0, 0.05) is 36.9 Å². The van der Waals surface area contributed by atoms with Crippen molar-refractivity contribution < 1.29 is 0 Å². The van der Waals surface area contributed by atoms with Crippen molar-refractivity contribution in [1.29, 1.82) is 0 Å². The molecule has 0 bridgehead atoms. The third-order valence-corrected chi connectivity index (χ3v) is 18.5. The smallest absolute Gasteiger partial charge is 0.180 e. The summed E-state index contributed by atoms with van der Waals surface area (Å²) in [5.41, 5.74) is 10.2. The second-order valence-corrected chi connectivity index (χ2v) is 20.7. The van der Waals surface area contributed by atoms with E-state index in [0.717, 1.165) is 27.8 Å². The lowest BCUT2D eigenvalue weighted by atomic mass is 10.0. The van der Waals surface area contributed by atoms with Crippen LogP contribution in [-0.4, -0.2) is 23.0 Å². The van der Waals surface area contributed by atoms with E-state index in [-0.39, 0.29) is 0 Å². The number of aromatic nitrogens is 3. The average Bonchev–Trinajstić information content (AvgIpc) is 3.88. The summed E-state index contributed by atoms with van der Waals surface area (Å²) in [6.45, 7) is 0. The maximum atomic E-state index is 5.09. The Morgan fingerprint density at radius 2 is 0.694 bits per heavy atom. The summed E-state index contributed by atoms with van der Waals surface area (Å²) in [5, 5.41) is 8.30. The van der Waals surface area contributed by atoms with Crippen LogP contribution in [0, 0.1) is 0 Å². The highest BCUT2D eigenvalue weighted by molar-refractivity contribution is 7.25. The highest BCUT2D eigenvalue weighted by atomic mass is 32.1. The van der Waals surface area contributed by atoms with Gasteiger partial charge in [0.05, 0.1) is 0 Å². The first kappa shape index (κ1) is 36.3. The zero-order chi connectivity index (χ0) is 41.0. The predicted octanol–water partition coefficient (Wildman–Crippen LogP) is 11.9. The molecule has 0 spiro atoms. The molecule has 62 heavy (non-hydrogen) atoms. The molecule has 0 saturated carbocycles. The van der Waals surface area contributed by atoms with Crippen molar-refractivity contribution in [3.63, 3.8) is 0 Å². The van der Waals surface area contributed by atoms with Crippen molar-refractivity contribution in [3.8, 4) is 67.5 Å². The molecule has 0 amide bonds. The molecule has 2 aromatic heterocycles. The molecule has 0 saturated heterocycles. The van der Waals surface area contributed by atoms with Crippen LogP contribution in [0.3, 0.4) is 0 Å². The summed E-state index contributed by atoms with van der Waals surface area (Å²) in [6.07, 6.45) is 0. The zero-order valence-electron chi connectivity index (χ0n) is 33.6. The van der Waals surface area contributed by atoms with Crippen LogP contribution >= 0.6 is 11.3 Å². The highest BCUT2D eigenvalue weighted by Crippen LogP contribution is 2.37. The number of rotatable bonds is 7. The zero-order valence-corrected chi connectivity index (χ0v) is 35.4. The quantitative estimate of drug-likeness (QED) is 0.150. The first-order valence-electron chi connectivity index (χ1n) is 21.0. The van der Waals surface area contributed by atoms with Crippen LogP contribution in [0.25, 0.3) is 87.7 Å². The van der Waals surface area contributed by atoms with Gasteiger partial charge >= 0.3 is 0 Å². The SMILES string of the molecule is c1ccc(-c2nc(-c3ccc(-c4ccc([Si]5(c6ccccc6)c6ccccc6-c6ccccc65)cc4)cc3)nc(-c3ccc(-c4ccc5sc6ccccc6c5c4)cc3)n2)cc1. The number of hydrogen-bond acceptors (Lipinski definition) is 4. The molecule has 1 aliphatic heterocycles. The van der Waals surface area contributed by atoms with E-state index in [1.807, 2.05) is 29.5 Å². The Kier molecular flexibility index (Phi) is 8.70. The fraction of sp³-hybridized carbons (Fsp3) is 0. The first-order chi connectivity index (χ1) is 30.7. The van der Waals surface area contributed by atoms with Crippen molar-refractivity contribution in [3.05, 3.63) is 224 Å².